The zero-order chi connectivity index (χ0) is 41.3. The number of esters is 1. The third-order valence-corrected chi connectivity index (χ3v) is 12.4. The summed E-state index contributed by atoms with van der Waals surface area (Å²) in [5, 5.41) is 0.558. The SMILES string of the molecule is C[Si](C)(C)CCOCn1cc2c3c(c(OCc4ccccc4)ccc31)O[C@@H]1O[C@H](COCc3ccccc3)[C@@H](OCc3ccccc3)[C@H](OCc3ccccc3)[C@H]1OC2=O. The van der Waals surface area contributed by atoms with Crippen LogP contribution < -0.4 is 9.47 Å². The number of nitrogens with zero attached hydrogens (tertiary/aromatic N) is 1. The first kappa shape index (κ1) is 41.5. The van der Waals surface area contributed by atoms with Crippen molar-refractivity contribution in [3.63, 3.8) is 0 Å². The molecule has 3 heterocycles. The Morgan fingerprint density at radius 2 is 1.20 bits per heavy atom. The molecule has 0 aliphatic carbocycles. The number of carbonyl (C=O) groups is 1. The van der Waals surface area contributed by atoms with Crippen molar-refractivity contribution in [2.45, 2.75) is 89.5 Å². The van der Waals surface area contributed by atoms with Gasteiger partial charge in [-0.3, -0.25) is 0 Å². The lowest BCUT2D eigenvalue weighted by molar-refractivity contribution is -0.299. The molecule has 60 heavy (non-hydrogen) atoms. The maximum absolute atomic E-state index is 14.6. The first-order chi connectivity index (χ1) is 29.3. The van der Waals surface area contributed by atoms with Crippen LogP contribution in [-0.4, -0.2) is 62.5 Å². The Kier molecular flexibility index (Phi) is 13.4. The molecule has 6 aromatic rings. The Hall–Kier alpha value is -5.27. The average molecular weight is 828 g/mol. The van der Waals surface area contributed by atoms with Crippen molar-refractivity contribution in [3.05, 3.63) is 167 Å². The quantitative estimate of drug-likeness (QED) is 0.0477. The topological polar surface area (TPSA) is 95.8 Å². The van der Waals surface area contributed by atoms with Crippen molar-refractivity contribution >= 4 is 24.9 Å². The fourth-order valence-electron chi connectivity index (χ4n) is 7.44. The zero-order valence-electron chi connectivity index (χ0n) is 34.4. The molecule has 0 N–H and O–H groups in total. The summed E-state index contributed by atoms with van der Waals surface area (Å²) < 4.78 is 54.8. The van der Waals surface area contributed by atoms with E-state index in [1.165, 1.54) is 0 Å². The highest BCUT2D eigenvalue weighted by Gasteiger charge is 2.52. The van der Waals surface area contributed by atoms with Crippen LogP contribution in [0.4, 0.5) is 0 Å². The lowest BCUT2D eigenvalue weighted by Gasteiger charge is -2.45. The minimum atomic E-state index is -1.32. The predicted molar refractivity (Wildman–Crippen MR) is 231 cm³/mol. The number of hydrogen-bond donors (Lipinski definition) is 0. The number of ether oxygens (including phenoxy) is 8. The van der Waals surface area contributed by atoms with Gasteiger partial charge in [0.15, 0.2) is 17.6 Å². The van der Waals surface area contributed by atoms with Gasteiger partial charge in [-0.25, -0.2) is 4.79 Å². The van der Waals surface area contributed by atoms with E-state index in [1.54, 1.807) is 6.20 Å². The number of aromatic nitrogens is 1. The standard InChI is InChI=1S/C49H53NO9Si/c1-60(2,3)27-26-52-34-50-28-39-43-40(50)24-25-41(54-30-36-18-10-5-11-19-36)44(43)59-49-47(58-48(39)51)46(56-32-38-22-14-7-15-23-38)45(55-31-37-20-12-6-13-21-37)42(57-49)33-53-29-35-16-8-4-9-17-35/h4-25,28,42,45-47,49H,26-27,29-34H2,1-3H3/t42-,45-,46+,47-,49+/m1/s1. The van der Waals surface area contributed by atoms with Crippen molar-refractivity contribution < 1.29 is 42.7 Å². The molecule has 1 aromatic heterocycles. The molecule has 10 nitrogen and oxygen atoms in total. The molecule has 11 heteroatoms. The summed E-state index contributed by atoms with van der Waals surface area (Å²) in [6.45, 7) is 9.12. The number of hydrogen-bond acceptors (Lipinski definition) is 9. The zero-order valence-corrected chi connectivity index (χ0v) is 35.4. The molecule has 5 atom stereocenters. The second-order valence-corrected chi connectivity index (χ2v) is 22.1. The van der Waals surface area contributed by atoms with Gasteiger partial charge >= 0.3 is 5.97 Å². The molecule has 1 saturated heterocycles. The molecule has 0 amide bonds. The predicted octanol–water partition coefficient (Wildman–Crippen LogP) is 9.56. The van der Waals surface area contributed by atoms with E-state index in [0.29, 0.717) is 35.7 Å². The van der Waals surface area contributed by atoms with Gasteiger partial charge in [0.25, 0.3) is 0 Å². The molecule has 8 rings (SSSR count). The van der Waals surface area contributed by atoms with Gasteiger partial charge in [0.05, 0.1) is 42.9 Å². The van der Waals surface area contributed by atoms with Gasteiger partial charge in [-0.15, -0.1) is 0 Å². The fraction of sp³-hybridized carbons (Fsp3) is 0.327. The Morgan fingerprint density at radius 1 is 0.633 bits per heavy atom. The van der Waals surface area contributed by atoms with Crippen molar-refractivity contribution in [3.8, 4) is 11.5 Å². The van der Waals surface area contributed by atoms with Crippen LogP contribution in [0.5, 0.6) is 11.5 Å². The van der Waals surface area contributed by atoms with Gasteiger partial charge in [-0.05, 0) is 40.4 Å². The summed E-state index contributed by atoms with van der Waals surface area (Å²) in [6.07, 6.45) is -2.63. The minimum absolute atomic E-state index is 0.151. The summed E-state index contributed by atoms with van der Waals surface area (Å²) in [5.41, 5.74) is 5.01. The van der Waals surface area contributed by atoms with E-state index in [0.717, 1.165) is 33.8 Å². The van der Waals surface area contributed by atoms with Gasteiger partial charge in [0.1, 0.15) is 31.6 Å². The third-order valence-electron chi connectivity index (χ3n) is 10.7. The van der Waals surface area contributed by atoms with E-state index < -0.39 is 44.7 Å². The molecule has 0 spiro atoms. The molecule has 312 valence electrons. The van der Waals surface area contributed by atoms with Gasteiger partial charge in [-0.2, -0.15) is 0 Å². The molecule has 0 radical (unpaired) electrons. The molecule has 2 aliphatic rings. The average Bonchev–Trinajstić information content (AvgIpc) is 3.64. The third kappa shape index (κ3) is 10.4. The number of carbonyl (C=O) groups excluding carboxylic acids is 1. The molecule has 2 aliphatic heterocycles. The Morgan fingerprint density at radius 3 is 1.80 bits per heavy atom. The van der Waals surface area contributed by atoms with E-state index in [1.807, 2.05) is 138 Å². The molecule has 1 fully saturated rings. The molecule has 0 saturated carbocycles. The highest BCUT2D eigenvalue weighted by molar-refractivity contribution is 6.76. The van der Waals surface area contributed by atoms with E-state index in [2.05, 4.69) is 19.6 Å². The van der Waals surface area contributed by atoms with Crippen LogP contribution in [0.15, 0.2) is 140 Å². The van der Waals surface area contributed by atoms with Crippen molar-refractivity contribution in [1.82, 2.24) is 4.57 Å². The Balaban J connectivity index is 1.17. The summed E-state index contributed by atoms with van der Waals surface area (Å²) in [5.74, 6) is 0.293. The summed E-state index contributed by atoms with van der Waals surface area (Å²) in [4.78, 5) is 14.6. The molecular weight excluding hydrogens is 775 g/mol. The van der Waals surface area contributed by atoms with Crippen LogP contribution >= 0.6 is 0 Å². The Bertz CT molecular complexity index is 2280. The smallest absolute Gasteiger partial charge is 0.341 e. The van der Waals surface area contributed by atoms with Gasteiger partial charge in [0, 0.05) is 20.9 Å². The minimum Gasteiger partial charge on any atom is -0.485 e. The van der Waals surface area contributed by atoms with Crippen LogP contribution in [0.3, 0.4) is 0 Å². The van der Waals surface area contributed by atoms with Crippen LogP contribution in [0, 0.1) is 0 Å². The largest absolute Gasteiger partial charge is 0.485 e. The van der Waals surface area contributed by atoms with Crippen LogP contribution in [-0.2, 0) is 61.6 Å². The maximum atomic E-state index is 14.6. The second-order valence-electron chi connectivity index (χ2n) is 16.5. The monoisotopic (exact) mass is 827 g/mol. The highest BCUT2D eigenvalue weighted by Crippen LogP contribution is 2.44. The first-order valence-corrected chi connectivity index (χ1v) is 24.4. The van der Waals surface area contributed by atoms with Crippen LogP contribution in [0.2, 0.25) is 25.7 Å². The molecule has 5 aromatic carbocycles. The lowest BCUT2D eigenvalue weighted by Crippen LogP contribution is -2.63. The number of rotatable bonds is 18. The number of benzene rings is 5. The number of fused-ring (bicyclic) bond motifs is 1. The highest BCUT2D eigenvalue weighted by atomic mass is 28.3. The summed E-state index contributed by atoms with van der Waals surface area (Å²) in [7, 11) is -1.32. The van der Waals surface area contributed by atoms with E-state index in [-0.39, 0.29) is 33.2 Å². The lowest BCUT2D eigenvalue weighted by atomic mass is 9.97. The van der Waals surface area contributed by atoms with Crippen LogP contribution in [0.1, 0.15) is 32.6 Å². The maximum Gasteiger partial charge on any atom is 0.341 e. The fourth-order valence-corrected chi connectivity index (χ4v) is 8.20. The van der Waals surface area contributed by atoms with Gasteiger partial charge in [-0.1, -0.05) is 141 Å². The van der Waals surface area contributed by atoms with Gasteiger partial charge in [0.2, 0.25) is 6.29 Å². The normalized spacial score (nSPS) is 20.1. The Labute approximate surface area is 352 Å². The summed E-state index contributed by atoms with van der Waals surface area (Å²) >= 11 is 0. The van der Waals surface area contributed by atoms with Crippen molar-refractivity contribution in [2.24, 2.45) is 0 Å². The first-order valence-electron chi connectivity index (χ1n) is 20.7. The van der Waals surface area contributed by atoms with Crippen LogP contribution in [0.25, 0.3) is 10.9 Å². The molecular formula is C49H53NO9Si. The van der Waals surface area contributed by atoms with Crippen molar-refractivity contribution in [1.29, 1.82) is 0 Å². The second kappa shape index (κ2) is 19.4. The van der Waals surface area contributed by atoms with E-state index in [4.69, 9.17) is 37.9 Å². The van der Waals surface area contributed by atoms with E-state index in [9.17, 15) is 4.79 Å². The van der Waals surface area contributed by atoms with Gasteiger partial charge < -0.3 is 42.5 Å². The molecule has 0 bridgehead atoms. The van der Waals surface area contributed by atoms with E-state index >= 15 is 0 Å². The molecule has 0 unspecified atom stereocenters. The summed E-state index contributed by atoms with van der Waals surface area (Å²) in [6, 6.07) is 44.5. The van der Waals surface area contributed by atoms with Crippen molar-refractivity contribution in [2.75, 3.05) is 13.2 Å².